The molecule has 4 aromatic rings. The van der Waals surface area contributed by atoms with Crippen molar-refractivity contribution in [1.82, 2.24) is 19.8 Å². The van der Waals surface area contributed by atoms with Gasteiger partial charge in [-0.2, -0.15) is 8.42 Å². The van der Waals surface area contributed by atoms with Gasteiger partial charge in [-0.25, -0.2) is 4.98 Å². The van der Waals surface area contributed by atoms with Gasteiger partial charge in [0.2, 0.25) is 0 Å². The van der Waals surface area contributed by atoms with Crippen LogP contribution in [0.1, 0.15) is 34.1 Å². The van der Waals surface area contributed by atoms with Crippen molar-refractivity contribution in [2.75, 3.05) is 32.4 Å². The summed E-state index contributed by atoms with van der Waals surface area (Å²) in [6.45, 7) is 9.32. The SMILES string of the molecule is CS(=O)(=O)O.Cc1ccc(-c2nc(CN3CCN(C(c4ccccc4)c4ccccc4)CC3)c(C)[nH]2)cc1. The van der Waals surface area contributed by atoms with Gasteiger partial charge in [0.1, 0.15) is 5.82 Å². The topological polar surface area (TPSA) is 89.5 Å². The van der Waals surface area contributed by atoms with Gasteiger partial charge in [-0.05, 0) is 25.0 Å². The predicted octanol–water partition coefficient (Wildman–Crippen LogP) is 5.10. The fourth-order valence-electron chi connectivity index (χ4n) is 4.77. The monoisotopic (exact) mass is 532 g/mol. The second kappa shape index (κ2) is 12.5. The molecule has 200 valence electrons. The molecule has 0 bridgehead atoms. The number of H-pyrrole nitrogens is 1. The van der Waals surface area contributed by atoms with E-state index in [1.165, 1.54) is 22.4 Å². The maximum Gasteiger partial charge on any atom is 0.261 e. The molecule has 5 rings (SSSR count). The van der Waals surface area contributed by atoms with Crippen LogP contribution >= 0.6 is 0 Å². The molecule has 1 aliphatic rings. The lowest BCUT2D eigenvalue weighted by Crippen LogP contribution is -2.47. The second-order valence-corrected chi connectivity index (χ2v) is 11.3. The fourth-order valence-corrected chi connectivity index (χ4v) is 4.77. The van der Waals surface area contributed by atoms with Crippen molar-refractivity contribution in [2.45, 2.75) is 26.4 Å². The Labute approximate surface area is 225 Å². The molecule has 0 spiro atoms. The highest BCUT2D eigenvalue weighted by atomic mass is 32.2. The molecule has 0 unspecified atom stereocenters. The van der Waals surface area contributed by atoms with Gasteiger partial charge in [-0.1, -0.05) is 90.5 Å². The summed E-state index contributed by atoms with van der Waals surface area (Å²) in [5, 5.41) is 0. The molecular weight excluding hydrogens is 496 g/mol. The summed E-state index contributed by atoms with van der Waals surface area (Å²) >= 11 is 0. The number of rotatable bonds is 6. The number of piperazine rings is 1. The minimum Gasteiger partial charge on any atom is -0.342 e. The number of benzene rings is 3. The Morgan fingerprint density at radius 3 is 1.84 bits per heavy atom. The van der Waals surface area contributed by atoms with Gasteiger partial charge >= 0.3 is 0 Å². The first-order chi connectivity index (χ1) is 18.2. The van der Waals surface area contributed by atoms with Gasteiger partial charge in [-0.3, -0.25) is 14.4 Å². The lowest BCUT2D eigenvalue weighted by atomic mass is 9.96. The number of imidazole rings is 1. The van der Waals surface area contributed by atoms with E-state index in [2.05, 4.69) is 114 Å². The van der Waals surface area contributed by atoms with E-state index in [0.717, 1.165) is 49.8 Å². The molecule has 38 heavy (non-hydrogen) atoms. The molecule has 7 nitrogen and oxygen atoms in total. The summed E-state index contributed by atoms with van der Waals surface area (Å²) in [4.78, 5) is 13.6. The summed E-state index contributed by atoms with van der Waals surface area (Å²) in [6.07, 6.45) is 0.715. The predicted molar refractivity (Wildman–Crippen MR) is 153 cm³/mol. The Kier molecular flexibility index (Phi) is 9.12. The van der Waals surface area contributed by atoms with Crippen LogP contribution in [0.2, 0.25) is 0 Å². The molecule has 0 atom stereocenters. The Morgan fingerprint density at radius 2 is 1.34 bits per heavy atom. The molecule has 1 aromatic heterocycles. The van der Waals surface area contributed by atoms with Crippen LogP contribution < -0.4 is 0 Å². The van der Waals surface area contributed by atoms with Crippen molar-refractivity contribution in [3.05, 3.63) is 113 Å². The van der Waals surface area contributed by atoms with Crippen LogP contribution in [0, 0.1) is 13.8 Å². The van der Waals surface area contributed by atoms with Crippen LogP contribution in [0.25, 0.3) is 11.4 Å². The van der Waals surface area contributed by atoms with E-state index in [9.17, 15) is 8.42 Å². The van der Waals surface area contributed by atoms with E-state index < -0.39 is 10.1 Å². The van der Waals surface area contributed by atoms with Crippen molar-refractivity contribution in [2.24, 2.45) is 0 Å². The zero-order valence-corrected chi connectivity index (χ0v) is 23.0. The van der Waals surface area contributed by atoms with Crippen LogP contribution in [0.4, 0.5) is 0 Å². The van der Waals surface area contributed by atoms with E-state index in [1.807, 2.05) is 0 Å². The molecule has 1 saturated heterocycles. The lowest BCUT2D eigenvalue weighted by Gasteiger charge is -2.39. The fraction of sp³-hybridized carbons (Fsp3) is 0.300. The van der Waals surface area contributed by atoms with Gasteiger partial charge in [0.15, 0.2) is 0 Å². The first kappa shape index (κ1) is 27.7. The first-order valence-corrected chi connectivity index (χ1v) is 14.6. The van der Waals surface area contributed by atoms with Crippen molar-refractivity contribution in [1.29, 1.82) is 0 Å². The number of hydrogen-bond acceptors (Lipinski definition) is 5. The summed E-state index contributed by atoms with van der Waals surface area (Å²) in [6, 6.07) is 30.7. The molecule has 0 aliphatic carbocycles. The Morgan fingerprint density at radius 1 is 0.842 bits per heavy atom. The van der Waals surface area contributed by atoms with Gasteiger partial charge in [0.05, 0.1) is 18.0 Å². The zero-order valence-electron chi connectivity index (χ0n) is 22.2. The standard InChI is InChI=1S/C29H32N4.CH4O3S/c1-22-13-15-26(16-14-22)29-30-23(2)27(31-29)21-32-17-19-33(20-18-32)28(24-9-5-3-6-10-24)25-11-7-4-8-12-25;1-5(2,3)4/h3-16,28H,17-21H2,1-2H3,(H,30,31);1H3,(H,2,3,4). The Balaban J connectivity index is 0.000000617. The molecule has 0 amide bonds. The van der Waals surface area contributed by atoms with Crippen LogP contribution in [0.3, 0.4) is 0 Å². The van der Waals surface area contributed by atoms with Gasteiger partial charge in [0, 0.05) is 44.0 Å². The summed E-state index contributed by atoms with van der Waals surface area (Å²) < 4.78 is 25.9. The molecule has 8 heteroatoms. The molecule has 0 saturated carbocycles. The highest BCUT2D eigenvalue weighted by Crippen LogP contribution is 2.30. The first-order valence-electron chi connectivity index (χ1n) is 12.8. The average molecular weight is 533 g/mol. The maximum absolute atomic E-state index is 9.19. The maximum atomic E-state index is 9.19. The third kappa shape index (κ3) is 7.85. The third-order valence-corrected chi connectivity index (χ3v) is 6.69. The summed E-state index contributed by atoms with van der Waals surface area (Å²) in [7, 11) is -3.67. The van der Waals surface area contributed by atoms with Crippen molar-refractivity contribution in [3.63, 3.8) is 0 Å². The number of aromatic amines is 1. The van der Waals surface area contributed by atoms with E-state index >= 15 is 0 Å². The molecule has 1 aliphatic heterocycles. The zero-order chi connectivity index (χ0) is 27.1. The summed E-state index contributed by atoms with van der Waals surface area (Å²) in [5.41, 5.74) is 7.46. The average Bonchev–Trinajstić information content (AvgIpc) is 3.26. The largest absolute Gasteiger partial charge is 0.342 e. The molecular formula is C30H36N4O3S. The number of nitrogens with one attached hydrogen (secondary N) is 1. The van der Waals surface area contributed by atoms with E-state index in [-0.39, 0.29) is 0 Å². The number of aromatic nitrogens is 2. The van der Waals surface area contributed by atoms with Crippen LogP contribution in [-0.2, 0) is 16.7 Å². The summed E-state index contributed by atoms with van der Waals surface area (Å²) in [5.74, 6) is 0.967. The van der Waals surface area contributed by atoms with Crippen LogP contribution in [-0.4, -0.2) is 65.2 Å². The van der Waals surface area contributed by atoms with Crippen molar-refractivity contribution >= 4 is 10.1 Å². The van der Waals surface area contributed by atoms with E-state index in [4.69, 9.17) is 9.54 Å². The highest BCUT2D eigenvalue weighted by molar-refractivity contribution is 7.85. The molecule has 2 N–H and O–H groups in total. The van der Waals surface area contributed by atoms with Gasteiger partial charge in [-0.15, -0.1) is 0 Å². The van der Waals surface area contributed by atoms with Gasteiger partial charge < -0.3 is 4.98 Å². The minimum absolute atomic E-state index is 0.301. The molecule has 2 heterocycles. The van der Waals surface area contributed by atoms with Crippen LogP contribution in [0.15, 0.2) is 84.9 Å². The molecule has 1 fully saturated rings. The third-order valence-electron chi connectivity index (χ3n) is 6.69. The highest BCUT2D eigenvalue weighted by Gasteiger charge is 2.27. The number of hydrogen-bond donors (Lipinski definition) is 2. The number of nitrogens with zero attached hydrogens (tertiary/aromatic N) is 3. The second-order valence-electron chi connectivity index (χ2n) is 9.79. The normalized spacial score (nSPS) is 14.8. The molecule has 0 radical (unpaired) electrons. The van der Waals surface area contributed by atoms with Crippen LogP contribution in [0.5, 0.6) is 0 Å². The van der Waals surface area contributed by atoms with Crippen molar-refractivity contribution in [3.8, 4) is 11.4 Å². The van der Waals surface area contributed by atoms with Crippen molar-refractivity contribution < 1.29 is 13.0 Å². The quantitative estimate of drug-likeness (QED) is 0.336. The van der Waals surface area contributed by atoms with Gasteiger partial charge in [0.25, 0.3) is 10.1 Å². The van der Waals surface area contributed by atoms with E-state index in [0.29, 0.717) is 12.3 Å². The Bertz CT molecular complexity index is 1350. The smallest absolute Gasteiger partial charge is 0.261 e. The van der Waals surface area contributed by atoms with E-state index in [1.54, 1.807) is 0 Å². The number of aryl methyl sites for hydroxylation is 2. The minimum atomic E-state index is -3.67. The Hall–Kier alpha value is -3.30. The molecule has 3 aromatic carbocycles. The lowest BCUT2D eigenvalue weighted by molar-refractivity contribution is 0.104.